The van der Waals surface area contributed by atoms with Crippen LogP contribution in [0, 0.1) is 43.8 Å². The number of aliphatic carboxylic acids is 6. The van der Waals surface area contributed by atoms with E-state index in [0.29, 0.717) is 214 Å². The van der Waals surface area contributed by atoms with E-state index in [2.05, 4.69) is 42.5 Å². The molecule has 0 aromatic carbocycles. The maximum Gasteiger partial charge on any atom is 0.451 e. The summed E-state index contributed by atoms with van der Waals surface area (Å²) in [6.45, 7) is 20.1. The number of fused-ring (bicyclic) bond motifs is 6. The molecule has 133 heavy (non-hydrogen) atoms. The van der Waals surface area contributed by atoms with Crippen molar-refractivity contribution in [3.05, 3.63) is 0 Å². The van der Waals surface area contributed by atoms with Gasteiger partial charge in [-0.05, 0) is 191 Å². The van der Waals surface area contributed by atoms with Crippen molar-refractivity contribution in [1.29, 1.82) is 0 Å². The van der Waals surface area contributed by atoms with E-state index >= 15 is 0 Å². The van der Waals surface area contributed by atoms with E-state index in [1.165, 1.54) is 4.90 Å². The molecule has 0 radical (unpaired) electrons. The number of thioether (sulfide) groups is 1. The second-order valence-corrected chi connectivity index (χ2v) is 42.5. The minimum absolute atomic E-state index is 0.0468. The number of carbonyl (C=O) groups is 10. The average molecular weight is 1910 g/mol. The molecule has 36 N–H and O–H groups in total. The first-order valence-corrected chi connectivity index (χ1v) is 48.2. The van der Waals surface area contributed by atoms with Gasteiger partial charge in [-0.2, -0.15) is 11.8 Å². The summed E-state index contributed by atoms with van der Waals surface area (Å²) in [6, 6.07) is -1.99. The Balaban J connectivity index is 0.000000219. The summed E-state index contributed by atoms with van der Waals surface area (Å²) in [4.78, 5) is 128. The molecule has 12 aliphatic heterocycles. The average Bonchev–Trinajstić information content (AvgIpc) is 1.65. The molecular formula is C81H153B6N17O28S. The van der Waals surface area contributed by atoms with Crippen LogP contribution in [0.15, 0.2) is 0 Å². The summed E-state index contributed by atoms with van der Waals surface area (Å²) in [5.74, 6) is -5.34. The number of carboxylic acids is 6. The SMILES string of the molecule is CC(C)(C)C(N)C(=O)N1CC2(CCCB(O)O)CCNC2(C(=O)O)C1.CC(C)(N)C(=O)N1CC2(CCCB(O)O)CCNC2(C(=O)O)C1.CC(C)CC(N)C(=O)N1CC2(CCCB(O)O)CCNC2(C(=O)O)C1.CSCCC(N)C(=O)N1CC2(CCCB(O)O)CCNC2(C(=O)O)C1.NCC1NCC2(C(=O)O)NCCC12CCCB(O)O.O=C(O)C12CNCC1(CCCB(O)O)CN2. The van der Waals surface area contributed by atoms with Crippen LogP contribution in [0.25, 0.3) is 0 Å². The number of rotatable bonds is 40. The van der Waals surface area contributed by atoms with Gasteiger partial charge >= 0.3 is 78.5 Å². The quantitative estimate of drug-likeness (QED) is 0.0253. The van der Waals surface area contributed by atoms with Gasteiger partial charge in [-0.1, -0.05) is 73.1 Å². The number of likely N-dealkylation sites (tertiary alicyclic amines) is 4. The van der Waals surface area contributed by atoms with E-state index in [-0.39, 0.29) is 98.8 Å². The van der Waals surface area contributed by atoms with Gasteiger partial charge in [-0.3, -0.25) is 74.5 Å². The summed E-state index contributed by atoms with van der Waals surface area (Å²) >= 11 is 1.62. The number of carbonyl (C=O) groups excluding carboxylic acids is 4. The molecule has 0 aromatic heterocycles. The Kier molecular flexibility index (Phi) is 40.2. The maximum absolute atomic E-state index is 12.8. The summed E-state index contributed by atoms with van der Waals surface area (Å²) < 4.78 is 0. The van der Waals surface area contributed by atoms with E-state index in [1.54, 1.807) is 40.3 Å². The fourth-order valence-electron chi connectivity index (χ4n) is 23.7. The van der Waals surface area contributed by atoms with E-state index in [1.807, 2.05) is 40.9 Å². The van der Waals surface area contributed by atoms with Crippen molar-refractivity contribution in [2.75, 3.05) is 130 Å². The summed E-state index contributed by atoms with van der Waals surface area (Å²) in [7, 11) is -8.23. The highest BCUT2D eigenvalue weighted by Crippen LogP contribution is 2.56. The van der Waals surface area contributed by atoms with Crippen LogP contribution < -0.4 is 71.2 Å². The Morgan fingerprint density at radius 3 is 1.02 bits per heavy atom. The lowest BCUT2D eigenvalue weighted by atomic mass is 9.61. The summed E-state index contributed by atoms with van der Waals surface area (Å²) in [5.41, 5.74) is 18.7. The Bertz CT molecular complexity index is 3960. The minimum atomic E-state index is -1.40. The second-order valence-electron chi connectivity index (χ2n) is 41.5. The van der Waals surface area contributed by atoms with Crippen LogP contribution in [-0.2, 0) is 47.9 Å². The Morgan fingerprint density at radius 2 is 0.714 bits per heavy atom. The van der Waals surface area contributed by atoms with Gasteiger partial charge in [-0.15, -0.1) is 0 Å². The third-order valence-corrected chi connectivity index (χ3v) is 31.8. The summed E-state index contributed by atoms with van der Waals surface area (Å²) in [6.07, 6.45) is 14.3. The number of carboxylic acid groups (broad SMARTS) is 6. The van der Waals surface area contributed by atoms with E-state index in [9.17, 15) is 78.6 Å². The van der Waals surface area contributed by atoms with Crippen molar-refractivity contribution in [1.82, 2.24) is 62.1 Å². The normalized spacial score (nSPS) is 31.8. The van der Waals surface area contributed by atoms with Gasteiger partial charge < -0.3 is 155 Å². The molecule has 0 spiro atoms. The second kappa shape index (κ2) is 46.7. The van der Waals surface area contributed by atoms with Crippen LogP contribution in [-0.4, -0.2) is 405 Å². The van der Waals surface area contributed by atoms with Gasteiger partial charge in [0, 0.05) is 97.4 Å². The van der Waals surface area contributed by atoms with Crippen molar-refractivity contribution >= 4 is 114 Å². The van der Waals surface area contributed by atoms with Crippen molar-refractivity contribution in [3.63, 3.8) is 0 Å². The molecule has 12 fully saturated rings. The third-order valence-electron chi connectivity index (χ3n) is 31.1. The molecule has 0 aromatic rings. The topological polar surface area (TPSA) is 774 Å². The molecule has 16 atom stereocenters. The number of nitrogens with zero attached hydrogens (tertiary/aromatic N) is 4. The molecule has 0 aliphatic carbocycles. The fraction of sp³-hybridized carbons (Fsp3) is 0.877. The Labute approximate surface area is 784 Å². The predicted molar refractivity (Wildman–Crippen MR) is 497 cm³/mol. The predicted octanol–water partition coefficient (Wildman–Crippen LogP) is -7.67. The standard InChI is InChI=1S/2C16H30BN3O5.C15H28BN3O5S.C14H26BN3O5.C11H22BN3O4.C9H17BN2O4/c1-14(2,3)11(18)12(21)20-9-15(5-4-7-17(24)25)6-8-19-16(15,10-20)13(22)23;1-11(2)8-12(18)13(21)20-9-15(4-3-6-17(24)25)5-7-19-16(15,10-20)14(22)23;1-25-8-3-11(17)12(20)19-9-14(4-2-6-16(23)24)5-7-18-15(14,10-19)13(21)22;1-12(2,16)10(19)18-8-13(4-3-6-15(22)23)5-7-17-14(13,9-18)11(20)21;13-6-8-10(2-1-4-12(18)19)3-5-15-11(10,7-14-8)9(16)17;13-7(14)9-6-11-4-8(9,5-12-9)2-1-3-10(15)16/h11,19,24-25H,4-10,18H2,1-3H3,(H,22,23);11-12,19,24-25H,3-10,18H2,1-2H3,(H,22,23);11,18,23-24H,2-10,17H2,1H3,(H,21,22);17,22-23H,3-9,16H2,1-2H3,(H,20,21);8,14-15,18-19H,1-7,13H2,(H,16,17);11-12,15-16H,1-6H2,(H,13,14). The molecule has 754 valence electrons. The number of hydrogen-bond acceptors (Lipinski definition) is 36. The first-order chi connectivity index (χ1) is 61.9. The fourth-order valence-corrected chi connectivity index (χ4v) is 24.2. The lowest BCUT2D eigenvalue weighted by molar-refractivity contribution is -0.156. The maximum atomic E-state index is 12.8. The number of nitrogens with two attached hydrogens (primary N) is 5. The lowest BCUT2D eigenvalue weighted by Crippen LogP contribution is -2.76. The van der Waals surface area contributed by atoms with Crippen molar-refractivity contribution in [2.24, 2.45) is 72.5 Å². The number of amides is 4. The summed E-state index contributed by atoms with van der Waals surface area (Å²) in [5, 5.41) is 191. The highest BCUT2D eigenvalue weighted by atomic mass is 32.2. The van der Waals surface area contributed by atoms with Crippen LogP contribution in [0.3, 0.4) is 0 Å². The first kappa shape index (κ1) is 114. The zero-order chi connectivity index (χ0) is 99.9. The molecule has 12 heterocycles. The van der Waals surface area contributed by atoms with Gasteiger partial charge in [0.1, 0.15) is 33.2 Å². The first-order valence-electron chi connectivity index (χ1n) is 46.8. The molecule has 52 heteroatoms. The molecule has 12 aliphatic rings. The molecule has 16 unspecified atom stereocenters. The minimum Gasteiger partial charge on any atom is -0.480 e. The van der Waals surface area contributed by atoms with Crippen molar-refractivity contribution in [3.8, 4) is 0 Å². The van der Waals surface area contributed by atoms with E-state index in [0.717, 1.165) is 12.2 Å². The van der Waals surface area contributed by atoms with Gasteiger partial charge in [0.2, 0.25) is 23.6 Å². The highest BCUT2D eigenvalue weighted by Gasteiger charge is 2.72. The largest absolute Gasteiger partial charge is 0.480 e. The molecule has 12 rings (SSSR count). The van der Waals surface area contributed by atoms with Crippen molar-refractivity contribution < 1.29 is 139 Å². The van der Waals surface area contributed by atoms with E-state index < -0.39 is 168 Å². The van der Waals surface area contributed by atoms with Gasteiger partial charge in [-0.25, -0.2) is 0 Å². The Hall–Kier alpha value is -5.56. The smallest absolute Gasteiger partial charge is 0.451 e. The molecule has 4 amide bonds. The molecule has 0 bridgehead atoms. The molecule has 0 saturated carbocycles. The monoisotopic (exact) mass is 1910 g/mol. The van der Waals surface area contributed by atoms with E-state index in [4.69, 9.17) is 89.0 Å². The zero-order valence-electron chi connectivity index (χ0n) is 78.7. The van der Waals surface area contributed by atoms with Crippen molar-refractivity contribution in [2.45, 2.75) is 271 Å². The van der Waals surface area contributed by atoms with Crippen LogP contribution >= 0.6 is 11.8 Å². The van der Waals surface area contributed by atoms with Gasteiger partial charge in [0.15, 0.2) is 0 Å². The Morgan fingerprint density at radius 1 is 0.398 bits per heavy atom. The van der Waals surface area contributed by atoms with Gasteiger partial charge in [0.05, 0.1) is 49.8 Å². The molecule has 12 saturated heterocycles. The molecular weight excluding hydrogens is 1760 g/mol. The molecule has 45 nitrogen and oxygen atoms in total. The third kappa shape index (κ3) is 24.4. The van der Waals surface area contributed by atoms with Gasteiger partial charge in [0.25, 0.3) is 0 Å². The van der Waals surface area contributed by atoms with Crippen LogP contribution in [0.1, 0.15) is 170 Å². The number of nitrogens with one attached hydrogen (secondary N) is 8. The van der Waals surface area contributed by atoms with Crippen LogP contribution in [0.2, 0.25) is 37.9 Å². The number of hydrogen-bond donors (Lipinski definition) is 31. The lowest BCUT2D eigenvalue weighted by Gasteiger charge is -2.53. The zero-order valence-corrected chi connectivity index (χ0v) is 79.5. The van der Waals surface area contributed by atoms with Crippen LogP contribution in [0.4, 0.5) is 0 Å². The highest BCUT2D eigenvalue weighted by molar-refractivity contribution is 7.98. The van der Waals surface area contributed by atoms with Crippen LogP contribution in [0.5, 0.6) is 0 Å².